The average Bonchev–Trinajstić information content (AvgIpc) is 3.12. The number of hydrogen-bond acceptors (Lipinski definition) is 6. The van der Waals surface area contributed by atoms with Crippen LogP contribution in [0.25, 0.3) is 16.9 Å². The molecule has 8 heteroatoms. The van der Waals surface area contributed by atoms with Crippen molar-refractivity contribution in [1.82, 2.24) is 19.5 Å². The lowest BCUT2D eigenvalue weighted by Crippen LogP contribution is -2.10. The monoisotopic (exact) mass is 360 g/mol. The molecule has 27 heavy (non-hydrogen) atoms. The van der Waals surface area contributed by atoms with Crippen LogP contribution >= 0.6 is 0 Å². The molecule has 1 unspecified atom stereocenters. The van der Waals surface area contributed by atoms with Gasteiger partial charge in [-0.15, -0.1) is 0 Å². The summed E-state index contributed by atoms with van der Waals surface area (Å²) < 4.78 is 1.78. The van der Waals surface area contributed by atoms with E-state index in [1.165, 1.54) is 12.1 Å². The number of hydrogen-bond donors (Lipinski definition) is 1. The fraction of sp³-hybridized carbons (Fsp3) is 0.105. The second-order valence-corrected chi connectivity index (χ2v) is 6.06. The zero-order chi connectivity index (χ0) is 18.8. The van der Waals surface area contributed by atoms with Gasteiger partial charge in [-0.1, -0.05) is 30.3 Å². The third kappa shape index (κ3) is 3.32. The van der Waals surface area contributed by atoms with Crippen molar-refractivity contribution in [2.75, 3.05) is 5.32 Å². The Kier molecular flexibility index (Phi) is 4.21. The van der Waals surface area contributed by atoms with Crippen molar-refractivity contribution in [1.29, 1.82) is 0 Å². The maximum atomic E-state index is 10.9. The summed E-state index contributed by atoms with van der Waals surface area (Å²) in [5.41, 5.74) is 2.41. The molecule has 4 aromatic rings. The molecule has 4 rings (SSSR count). The van der Waals surface area contributed by atoms with Crippen molar-refractivity contribution in [3.63, 3.8) is 0 Å². The third-order valence-corrected chi connectivity index (χ3v) is 4.27. The van der Waals surface area contributed by atoms with E-state index in [0.717, 1.165) is 11.1 Å². The predicted octanol–water partition coefficient (Wildman–Crippen LogP) is 3.90. The van der Waals surface area contributed by atoms with Crippen LogP contribution in [0.5, 0.6) is 0 Å². The van der Waals surface area contributed by atoms with Gasteiger partial charge in [0.2, 0.25) is 5.95 Å². The minimum atomic E-state index is -0.434. The Morgan fingerprint density at radius 3 is 2.70 bits per heavy atom. The van der Waals surface area contributed by atoms with Crippen molar-refractivity contribution in [3.05, 3.63) is 82.8 Å². The summed E-state index contributed by atoms with van der Waals surface area (Å²) in [5, 5.41) is 14.2. The van der Waals surface area contributed by atoms with Gasteiger partial charge in [-0.2, -0.15) is 4.98 Å². The summed E-state index contributed by atoms with van der Waals surface area (Å²) in [7, 11) is 0. The van der Waals surface area contributed by atoms with Gasteiger partial charge in [-0.25, -0.2) is 9.97 Å². The lowest BCUT2D eigenvalue weighted by Gasteiger charge is -2.14. The third-order valence-electron chi connectivity index (χ3n) is 4.27. The number of anilines is 1. The molecule has 0 spiro atoms. The number of benzene rings is 2. The van der Waals surface area contributed by atoms with Crippen molar-refractivity contribution in [2.24, 2.45) is 0 Å². The summed E-state index contributed by atoms with van der Waals surface area (Å²) in [4.78, 5) is 23.6. The minimum absolute atomic E-state index is 0.00878. The fourth-order valence-corrected chi connectivity index (χ4v) is 2.87. The molecule has 1 N–H and O–H groups in total. The summed E-state index contributed by atoms with van der Waals surface area (Å²) in [6.07, 6.45) is 3.26. The topological polar surface area (TPSA) is 98.8 Å². The molecule has 0 saturated heterocycles. The molecule has 2 aromatic carbocycles. The van der Waals surface area contributed by atoms with Gasteiger partial charge < -0.3 is 5.32 Å². The van der Waals surface area contributed by atoms with Gasteiger partial charge in [0.25, 0.3) is 5.69 Å². The molecule has 1 atom stereocenters. The zero-order valence-corrected chi connectivity index (χ0v) is 14.5. The van der Waals surface area contributed by atoms with Gasteiger partial charge in [0, 0.05) is 18.3 Å². The molecule has 8 nitrogen and oxygen atoms in total. The van der Waals surface area contributed by atoms with E-state index >= 15 is 0 Å². The molecular weight excluding hydrogens is 344 g/mol. The molecule has 0 saturated carbocycles. The van der Waals surface area contributed by atoms with E-state index < -0.39 is 4.92 Å². The molecule has 2 aromatic heterocycles. The molecule has 2 heterocycles. The number of imidazole rings is 1. The van der Waals surface area contributed by atoms with Crippen LogP contribution in [-0.4, -0.2) is 24.4 Å². The summed E-state index contributed by atoms with van der Waals surface area (Å²) >= 11 is 0. The Bertz CT molecular complexity index is 1110. The lowest BCUT2D eigenvalue weighted by molar-refractivity contribution is -0.384. The number of fused-ring (bicyclic) bond motifs is 1. The number of rotatable bonds is 5. The predicted molar refractivity (Wildman–Crippen MR) is 102 cm³/mol. The van der Waals surface area contributed by atoms with Gasteiger partial charge in [0.05, 0.1) is 22.0 Å². The molecule has 0 aliphatic carbocycles. The number of nitrogens with zero attached hydrogens (tertiary/aromatic N) is 5. The van der Waals surface area contributed by atoms with Gasteiger partial charge in [-0.3, -0.25) is 14.7 Å². The molecule has 134 valence electrons. The first kappa shape index (κ1) is 16.6. The molecule has 0 aliphatic rings. The Labute approximate surface area is 154 Å². The summed E-state index contributed by atoms with van der Waals surface area (Å²) in [6.45, 7) is 2.04. The second kappa shape index (κ2) is 6.83. The number of nitro groups is 1. The average molecular weight is 360 g/mol. The van der Waals surface area contributed by atoms with Gasteiger partial charge >= 0.3 is 0 Å². The first-order valence-corrected chi connectivity index (χ1v) is 8.38. The van der Waals surface area contributed by atoms with Crippen LogP contribution in [0.2, 0.25) is 0 Å². The van der Waals surface area contributed by atoms with Crippen LogP contribution < -0.4 is 5.32 Å². The SMILES string of the molecule is CC(Nc1nccc(-n2cnc3cc([N+](=O)[O-])ccc32)n1)c1ccccc1. The number of aromatic nitrogens is 4. The highest BCUT2D eigenvalue weighted by molar-refractivity contribution is 5.79. The Balaban J connectivity index is 1.64. The fourth-order valence-electron chi connectivity index (χ4n) is 2.87. The van der Waals surface area contributed by atoms with Crippen LogP contribution in [0.4, 0.5) is 11.6 Å². The molecule has 0 fully saturated rings. The second-order valence-electron chi connectivity index (χ2n) is 6.06. The Hall–Kier alpha value is -3.81. The van der Waals surface area contributed by atoms with E-state index in [9.17, 15) is 10.1 Å². The van der Waals surface area contributed by atoms with E-state index in [4.69, 9.17) is 0 Å². The minimum Gasteiger partial charge on any atom is -0.348 e. The highest BCUT2D eigenvalue weighted by atomic mass is 16.6. The highest BCUT2D eigenvalue weighted by Crippen LogP contribution is 2.23. The molecule has 0 amide bonds. The first-order valence-electron chi connectivity index (χ1n) is 8.38. The molecular formula is C19H16N6O2. The van der Waals surface area contributed by atoms with Crippen molar-refractivity contribution in [2.45, 2.75) is 13.0 Å². The Morgan fingerprint density at radius 2 is 1.93 bits per heavy atom. The van der Waals surface area contributed by atoms with Crippen molar-refractivity contribution in [3.8, 4) is 5.82 Å². The summed E-state index contributed by atoms with van der Waals surface area (Å²) in [5.74, 6) is 1.12. The highest BCUT2D eigenvalue weighted by Gasteiger charge is 2.13. The number of nitrogens with one attached hydrogen (secondary N) is 1. The lowest BCUT2D eigenvalue weighted by atomic mass is 10.1. The van der Waals surface area contributed by atoms with Crippen LogP contribution in [0.15, 0.2) is 67.1 Å². The maximum Gasteiger partial charge on any atom is 0.271 e. The van der Waals surface area contributed by atoms with E-state index in [2.05, 4.69) is 20.3 Å². The standard InChI is InChI=1S/C19H16N6O2/c1-13(14-5-3-2-4-6-14)22-19-20-10-9-18(23-19)24-12-21-16-11-15(25(26)27)7-8-17(16)24/h2-13H,1H3,(H,20,22,23). The van der Waals surface area contributed by atoms with Gasteiger partial charge in [-0.05, 0) is 24.6 Å². The number of non-ortho nitro benzene ring substituents is 1. The van der Waals surface area contributed by atoms with E-state index in [1.807, 2.05) is 37.3 Å². The van der Waals surface area contributed by atoms with Crippen molar-refractivity contribution < 1.29 is 4.92 Å². The smallest absolute Gasteiger partial charge is 0.271 e. The number of nitro benzene ring substituents is 1. The quantitative estimate of drug-likeness (QED) is 0.428. The van der Waals surface area contributed by atoms with Crippen molar-refractivity contribution >= 4 is 22.7 Å². The van der Waals surface area contributed by atoms with E-state index in [-0.39, 0.29) is 11.7 Å². The van der Waals surface area contributed by atoms with E-state index in [0.29, 0.717) is 17.3 Å². The normalized spacial score (nSPS) is 12.0. The van der Waals surface area contributed by atoms with Crippen LogP contribution in [0.1, 0.15) is 18.5 Å². The zero-order valence-electron chi connectivity index (χ0n) is 14.5. The summed E-state index contributed by atoms with van der Waals surface area (Å²) in [6, 6.07) is 16.4. The first-order chi connectivity index (χ1) is 13.1. The van der Waals surface area contributed by atoms with Gasteiger partial charge in [0.1, 0.15) is 12.1 Å². The molecule has 0 bridgehead atoms. The van der Waals surface area contributed by atoms with Crippen LogP contribution in [0, 0.1) is 10.1 Å². The van der Waals surface area contributed by atoms with Crippen LogP contribution in [0.3, 0.4) is 0 Å². The van der Waals surface area contributed by atoms with Gasteiger partial charge in [0.15, 0.2) is 0 Å². The maximum absolute atomic E-state index is 10.9. The molecule has 0 aliphatic heterocycles. The van der Waals surface area contributed by atoms with Crippen LogP contribution in [-0.2, 0) is 0 Å². The largest absolute Gasteiger partial charge is 0.348 e. The van der Waals surface area contributed by atoms with E-state index in [1.54, 1.807) is 29.2 Å². The Morgan fingerprint density at radius 1 is 1.11 bits per heavy atom. The molecule has 0 radical (unpaired) electrons.